The summed E-state index contributed by atoms with van der Waals surface area (Å²) in [6, 6.07) is 17.8. The molecule has 33 heavy (non-hydrogen) atoms. The predicted molar refractivity (Wildman–Crippen MR) is 138 cm³/mol. The molecule has 0 bridgehead atoms. The molecule has 1 atom stereocenters. The summed E-state index contributed by atoms with van der Waals surface area (Å²) in [5.41, 5.74) is 2.77. The first-order valence-corrected chi connectivity index (χ1v) is 11.6. The van der Waals surface area contributed by atoms with Gasteiger partial charge >= 0.3 is 0 Å². The highest BCUT2D eigenvalue weighted by Gasteiger charge is 2.18. The van der Waals surface area contributed by atoms with Gasteiger partial charge in [0.15, 0.2) is 16.8 Å². The van der Waals surface area contributed by atoms with Crippen molar-refractivity contribution in [1.29, 1.82) is 0 Å². The van der Waals surface area contributed by atoms with Crippen molar-refractivity contribution in [2.24, 2.45) is 0 Å². The van der Waals surface area contributed by atoms with Gasteiger partial charge in [-0.1, -0.05) is 35.3 Å². The number of oxazole rings is 1. The fourth-order valence-electron chi connectivity index (χ4n) is 2.95. The summed E-state index contributed by atoms with van der Waals surface area (Å²) in [4.78, 5) is 17.0. The van der Waals surface area contributed by atoms with Crippen molar-refractivity contribution in [3.63, 3.8) is 0 Å². The number of fused-ring (bicyclic) bond motifs is 1. The maximum Gasteiger partial charge on any atom is 0.266 e. The number of hydrogen-bond acceptors (Lipinski definition) is 5. The van der Waals surface area contributed by atoms with Gasteiger partial charge in [0.25, 0.3) is 5.91 Å². The van der Waals surface area contributed by atoms with Crippen LogP contribution in [0.3, 0.4) is 0 Å². The molecular formula is C23H16BrCl2N3O3S. The highest BCUT2D eigenvalue weighted by atomic mass is 79.9. The Morgan fingerprint density at radius 1 is 1.15 bits per heavy atom. The number of aromatic nitrogens is 1. The molecule has 0 saturated heterocycles. The summed E-state index contributed by atoms with van der Waals surface area (Å²) in [6.45, 7) is 1.59. The van der Waals surface area contributed by atoms with Gasteiger partial charge in [0.1, 0.15) is 11.3 Å². The lowest BCUT2D eigenvalue weighted by molar-refractivity contribution is -0.125. The molecule has 0 spiro atoms. The quantitative estimate of drug-likeness (QED) is 0.258. The number of halogens is 3. The number of amides is 1. The fraction of sp³-hybridized carbons (Fsp3) is 0.0870. The maximum absolute atomic E-state index is 12.5. The number of carbonyl (C=O) groups excluding carboxylic acids is 1. The number of carbonyl (C=O) groups is 1. The van der Waals surface area contributed by atoms with Crippen molar-refractivity contribution in [3.05, 3.63) is 75.2 Å². The normalized spacial score (nSPS) is 11.8. The maximum atomic E-state index is 12.5. The molecule has 0 aliphatic heterocycles. The van der Waals surface area contributed by atoms with Gasteiger partial charge in [-0.05, 0) is 83.6 Å². The van der Waals surface area contributed by atoms with E-state index in [4.69, 9.17) is 44.6 Å². The number of anilines is 1. The molecule has 1 heterocycles. The van der Waals surface area contributed by atoms with E-state index in [1.165, 1.54) is 6.07 Å². The second kappa shape index (κ2) is 10.1. The van der Waals surface area contributed by atoms with E-state index >= 15 is 0 Å². The smallest absolute Gasteiger partial charge is 0.266 e. The minimum atomic E-state index is -0.840. The SMILES string of the molecule is CC(Oc1ccc(Cl)cc1Cl)C(=O)NC(=S)Nc1ccc2oc(-c3ccccc3Br)nc2c1. The van der Waals surface area contributed by atoms with Crippen LogP contribution < -0.4 is 15.4 Å². The molecule has 4 aromatic rings. The zero-order valence-corrected chi connectivity index (χ0v) is 21.0. The zero-order chi connectivity index (χ0) is 23.5. The number of thiocarbonyl (C=S) groups is 1. The largest absolute Gasteiger partial charge is 0.479 e. The predicted octanol–water partition coefficient (Wildman–Crippen LogP) is 6.84. The van der Waals surface area contributed by atoms with E-state index in [9.17, 15) is 4.79 Å². The Balaban J connectivity index is 1.41. The average molecular weight is 565 g/mol. The first-order valence-electron chi connectivity index (χ1n) is 9.69. The van der Waals surface area contributed by atoms with Crippen LogP contribution in [-0.2, 0) is 4.79 Å². The number of nitrogens with one attached hydrogen (secondary N) is 2. The molecule has 0 aliphatic carbocycles. The van der Waals surface area contributed by atoms with Crippen molar-refractivity contribution in [1.82, 2.24) is 10.3 Å². The number of hydrogen-bond donors (Lipinski definition) is 2. The Morgan fingerprint density at radius 2 is 1.94 bits per heavy atom. The molecular weight excluding hydrogens is 549 g/mol. The molecule has 1 aromatic heterocycles. The summed E-state index contributed by atoms with van der Waals surface area (Å²) in [5, 5.41) is 6.48. The van der Waals surface area contributed by atoms with Gasteiger partial charge in [-0.15, -0.1) is 0 Å². The Hall–Kier alpha value is -2.65. The fourth-order valence-corrected chi connectivity index (χ4v) is 4.07. The molecule has 6 nitrogen and oxygen atoms in total. The van der Waals surface area contributed by atoms with Crippen LogP contribution in [-0.4, -0.2) is 22.1 Å². The van der Waals surface area contributed by atoms with E-state index < -0.39 is 12.0 Å². The van der Waals surface area contributed by atoms with Crippen LogP contribution in [0.1, 0.15) is 6.92 Å². The van der Waals surface area contributed by atoms with E-state index in [0.717, 1.165) is 10.0 Å². The van der Waals surface area contributed by atoms with E-state index in [0.29, 0.717) is 38.5 Å². The highest BCUT2D eigenvalue weighted by Crippen LogP contribution is 2.31. The Kier molecular flexibility index (Phi) is 7.19. The van der Waals surface area contributed by atoms with E-state index in [-0.39, 0.29) is 5.11 Å². The summed E-state index contributed by atoms with van der Waals surface area (Å²) >= 11 is 20.7. The van der Waals surface area contributed by atoms with Gasteiger partial charge < -0.3 is 14.5 Å². The number of ether oxygens (including phenoxy) is 1. The minimum absolute atomic E-state index is 0.117. The zero-order valence-electron chi connectivity index (χ0n) is 17.1. The number of rotatable bonds is 5. The number of benzene rings is 3. The molecule has 0 aliphatic rings. The Labute approximate surface area is 213 Å². The van der Waals surface area contributed by atoms with Crippen molar-refractivity contribution in [2.45, 2.75) is 13.0 Å². The van der Waals surface area contributed by atoms with E-state index in [1.54, 1.807) is 37.3 Å². The van der Waals surface area contributed by atoms with Gasteiger partial charge in [0, 0.05) is 15.2 Å². The second-order valence-electron chi connectivity index (χ2n) is 6.96. The molecule has 1 amide bonds. The lowest BCUT2D eigenvalue weighted by atomic mass is 10.2. The van der Waals surface area contributed by atoms with Gasteiger partial charge in [-0.3, -0.25) is 10.1 Å². The monoisotopic (exact) mass is 563 g/mol. The first kappa shape index (κ1) is 23.5. The van der Waals surface area contributed by atoms with E-state index in [2.05, 4.69) is 31.5 Å². The molecule has 2 N–H and O–H groups in total. The van der Waals surface area contributed by atoms with Crippen molar-refractivity contribution >= 4 is 79.2 Å². The van der Waals surface area contributed by atoms with Crippen LogP contribution in [0.2, 0.25) is 10.0 Å². The van der Waals surface area contributed by atoms with Crippen LogP contribution in [0, 0.1) is 0 Å². The van der Waals surface area contributed by atoms with Gasteiger partial charge in [-0.25, -0.2) is 4.98 Å². The molecule has 10 heteroatoms. The second-order valence-corrected chi connectivity index (χ2v) is 9.07. The summed E-state index contributed by atoms with van der Waals surface area (Å²) in [6.07, 6.45) is -0.840. The van der Waals surface area contributed by atoms with Crippen molar-refractivity contribution in [2.75, 3.05) is 5.32 Å². The molecule has 168 valence electrons. The van der Waals surface area contributed by atoms with Gasteiger partial charge in [0.2, 0.25) is 5.89 Å². The third-order valence-electron chi connectivity index (χ3n) is 4.55. The summed E-state index contributed by atoms with van der Waals surface area (Å²) < 4.78 is 12.4. The first-order chi connectivity index (χ1) is 15.8. The standard InChI is InChI=1S/C23H16BrCl2N3O3S/c1-12(31-19-8-6-13(25)10-17(19)26)21(30)29-23(33)27-14-7-9-20-18(11-14)28-22(32-20)15-4-2-3-5-16(15)24/h2-12H,1H3,(H2,27,29,30,33). The van der Waals surface area contributed by atoms with Gasteiger partial charge in [0.05, 0.1) is 10.6 Å². The summed E-state index contributed by atoms with van der Waals surface area (Å²) in [7, 11) is 0. The Morgan fingerprint density at radius 3 is 2.70 bits per heavy atom. The van der Waals surface area contributed by atoms with Crippen LogP contribution in [0.4, 0.5) is 5.69 Å². The molecule has 0 saturated carbocycles. The molecule has 0 radical (unpaired) electrons. The Bertz CT molecular complexity index is 1360. The third kappa shape index (κ3) is 5.65. The topological polar surface area (TPSA) is 76.4 Å². The van der Waals surface area contributed by atoms with Crippen molar-refractivity contribution in [3.8, 4) is 17.2 Å². The average Bonchev–Trinajstić information content (AvgIpc) is 3.19. The molecule has 0 fully saturated rings. The van der Waals surface area contributed by atoms with Crippen molar-refractivity contribution < 1.29 is 13.9 Å². The number of nitrogens with zero attached hydrogens (tertiary/aromatic N) is 1. The highest BCUT2D eigenvalue weighted by molar-refractivity contribution is 9.10. The summed E-state index contributed by atoms with van der Waals surface area (Å²) in [5.74, 6) is 0.412. The molecule has 3 aromatic carbocycles. The van der Waals surface area contributed by atoms with Crippen LogP contribution in [0.5, 0.6) is 5.75 Å². The lowest BCUT2D eigenvalue weighted by Gasteiger charge is -2.16. The van der Waals surface area contributed by atoms with Crippen LogP contribution in [0.15, 0.2) is 69.6 Å². The minimum Gasteiger partial charge on any atom is -0.479 e. The van der Waals surface area contributed by atoms with Gasteiger partial charge in [-0.2, -0.15) is 0 Å². The van der Waals surface area contributed by atoms with Crippen LogP contribution >= 0.6 is 51.3 Å². The molecule has 4 rings (SSSR count). The van der Waals surface area contributed by atoms with E-state index in [1.807, 2.05) is 24.3 Å². The van der Waals surface area contributed by atoms with Crippen LogP contribution in [0.25, 0.3) is 22.6 Å². The third-order valence-corrected chi connectivity index (χ3v) is 5.98. The molecule has 1 unspecified atom stereocenters. The lowest BCUT2D eigenvalue weighted by Crippen LogP contribution is -2.42.